The van der Waals surface area contributed by atoms with Crippen molar-refractivity contribution in [1.29, 1.82) is 0 Å². The molecule has 130 valence electrons. The predicted molar refractivity (Wildman–Crippen MR) is 92.6 cm³/mol. The minimum atomic E-state index is 0.162. The van der Waals surface area contributed by atoms with Crippen LogP contribution in [0.2, 0.25) is 0 Å². The van der Waals surface area contributed by atoms with E-state index in [0.717, 1.165) is 43.6 Å². The third kappa shape index (κ3) is 4.04. The Morgan fingerprint density at radius 2 is 2.04 bits per heavy atom. The Morgan fingerprint density at radius 3 is 2.71 bits per heavy atom. The molecule has 2 N–H and O–H groups in total. The smallest absolute Gasteiger partial charge is 0.234 e. The zero-order valence-corrected chi connectivity index (χ0v) is 14.2. The van der Waals surface area contributed by atoms with Gasteiger partial charge in [-0.15, -0.1) is 5.10 Å². The van der Waals surface area contributed by atoms with Gasteiger partial charge in [-0.05, 0) is 62.5 Å². The van der Waals surface area contributed by atoms with Gasteiger partial charge in [0.05, 0.1) is 6.54 Å². The second kappa shape index (κ2) is 7.05. The summed E-state index contributed by atoms with van der Waals surface area (Å²) in [6.07, 6.45) is 9.11. The van der Waals surface area contributed by atoms with E-state index < -0.39 is 0 Å². The van der Waals surface area contributed by atoms with E-state index in [1.807, 2.05) is 12.1 Å². The van der Waals surface area contributed by atoms with Crippen molar-refractivity contribution in [1.82, 2.24) is 20.8 Å². The fraction of sp³-hybridized carbons (Fsp3) is 0.722. The van der Waals surface area contributed by atoms with Gasteiger partial charge < -0.3 is 15.5 Å². The maximum atomic E-state index is 12.3. The molecule has 24 heavy (non-hydrogen) atoms. The molecule has 1 atom stereocenters. The average Bonchev–Trinajstić information content (AvgIpc) is 3.52. The van der Waals surface area contributed by atoms with Crippen LogP contribution in [0, 0.1) is 11.8 Å². The molecular formula is C18H27N5O. The Morgan fingerprint density at radius 1 is 1.25 bits per heavy atom. The lowest BCUT2D eigenvalue weighted by molar-refractivity contribution is -0.121. The zero-order valence-electron chi connectivity index (χ0n) is 14.2. The van der Waals surface area contributed by atoms with E-state index in [2.05, 4.69) is 25.7 Å². The number of amides is 1. The molecule has 1 saturated heterocycles. The van der Waals surface area contributed by atoms with E-state index in [9.17, 15) is 4.79 Å². The van der Waals surface area contributed by atoms with Gasteiger partial charge in [0.25, 0.3) is 0 Å². The maximum Gasteiger partial charge on any atom is 0.234 e. The molecule has 4 rings (SSSR count). The molecule has 0 unspecified atom stereocenters. The molecule has 6 nitrogen and oxygen atoms in total. The summed E-state index contributed by atoms with van der Waals surface area (Å²) in [5, 5.41) is 14.9. The number of carbonyl (C=O) groups is 1. The number of aromatic nitrogens is 2. The molecule has 6 heteroatoms. The van der Waals surface area contributed by atoms with Crippen molar-refractivity contribution < 1.29 is 4.79 Å². The van der Waals surface area contributed by atoms with Crippen LogP contribution in [0.25, 0.3) is 0 Å². The molecule has 0 aromatic carbocycles. The van der Waals surface area contributed by atoms with Crippen LogP contribution in [0.5, 0.6) is 0 Å². The molecule has 2 saturated carbocycles. The van der Waals surface area contributed by atoms with Gasteiger partial charge in [-0.25, -0.2) is 0 Å². The molecule has 0 spiro atoms. The number of rotatable bonds is 7. The van der Waals surface area contributed by atoms with Gasteiger partial charge in [-0.1, -0.05) is 0 Å². The van der Waals surface area contributed by atoms with Gasteiger partial charge in [0, 0.05) is 31.4 Å². The molecule has 0 bridgehead atoms. The number of carbonyl (C=O) groups excluding carboxylic acids is 1. The molecule has 2 heterocycles. The third-order valence-corrected chi connectivity index (χ3v) is 5.44. The van der Waals surface area contributed by atoms with Crippen LogP contribution in [-0.2, 0) is 4.79 Å². The average molecular weight is 329 g/mol. The Kier molecular flexibility index (Phi) is 4.65. The first kappa shape index (κ1) is 15.8. The minimum absolute atomic E-state index is 0.162. The number of piperidine rings is 1. The molecule has 3 aliphatic rings. The third-order valence-electron chi connectivity index (χ3n) is 5.44. The molecule has 3 fully saturated rings. The number of hydrogen-bond acceptors (Lipinski definition) is 5. The van der Waals surface area contributed by atoms with E-state index in [0.29, 0.717) is 18.6 Å². The van der Waals surface area contributed by atoms with Gasteiger partial charge in [-0.2, -0.15) is 5.10 Å². The van der Waals surface area contributed by atoms with E-state index in [1.54, 1.807) is 6.20 Å². The number of anilines is 1. The van der Waals surface area contributed by atoms with Crippen LogP contribution in [0.4, 0.5) is 5.82 Å². The van der Waals surface area contributed by atoms with E-state index in [-0.39, 0.29) is 5.91 Å². The first-order valence-corrected chi connectivity index (χ1v) is 9.35. The van der Waals surface area contributed by atoms with Crippen LogP contribution in [-0.4, -0.2) is 47.8 Å². The monoisotopic (exact) mass is 329 g/mol. The van der Waals surface area contributed by atoms with Crippen LogP contribution in [0.1, 0.15) is 38.5 Å². The van der Waals surface area contributed by atoms with Gasteiger partial charge in [-0.3, -0.25) is 4.79 Å². The quantitative estimate of drug-likeness (QED) is 0.790. The second-order valence-corrected chi connectivity index (χ2v) is 7.52. The van der Waals surface area contributed by atoms with Crippen LogP contribution in [0.3, 0.4) is 0 Å². The summed E-state index contributed by atoms with van der Waals surface area (Å²) in [5.41, 5.74) is 0. The first-order valence-electron chi connectivity index (χ1n) is 9.35. The molecule has 0 radical (unpaired) electrons. The maximum absolute atomic E-state index is 12.3. The van der Waals surface area contributed by atoms with Crippen LogP contribution < -0.4 is 15.5 Å². The highest BCUT2D eigenvalue weighted by Crippen LogP contribution is 2.44. The SMILES string of the molecule is O=C(CN[C@@H]1CCCN(c2cccnn2)C1)NC(C1CC1)C1CC1. The lowest BCUT2D eigenvalue weighted by Gasteiger charge is -2.33. The molecule has 1 aliphatic heterocycles. The Hall–Kier alpha value is -1.69. The highest BCUT2D eigenvalue weighted by molar-refractivity contribution is 5.78. The van der Waals surface area contributed by atoms with Gasteiger partial charge in [0.1, 0.15) is 0 Å². The van der Waals surface area contributed by atoms with Gasteiger partial charge >= 0.3 is 0 Å². The van der Waals surface area contributed by atoms with Crippen LogP contribution >= 0.6 is 0 Å². The second-order valence-electron chi connectivity index (χ2n) is 7.52. The van der Waals surface area contributed by atoms with Crippen molar-refractivity contribution in [2.75, 3.05) is 24.5 Å². The van der Waals surface area contributed by atoms with Crippen molar-refractivity contribution in [3.05, 3.63) is 18.3 Å². The zero-order chi connectivity index (χ0) is 16.4. The van der Waals surface area contributed by atoms with E-state index in [1.165, 1.54) is 25.7 Å². The lowest BCUT2D eigenvalue weighted by atomic mass is 10.1. The number of nitrogens with one attached hydrogen (secondary N) is 2. The summed E-state index contributed by atoms with van der Waals surface area (Å²) in [4.78, 5) is 14.6. The van der Waals surface area contributed by atoms with Crippen molar-refractivity contribution in [2.45, 2.75) is 50.6 Å². The van der Waals surface area contributed by atoms with Crippen molar-refractivity contribution in [2.24, 2.45) is 11.8 Å². The summed E-state index contributed by atoms with van der Waals surface area (Å²) in [6, 6.07) is 4.70. The topological polar surface area (TPSA) is 70.2 Å². The van der Waals surface area contributed by atoms with E-state index >= 15 is 0 Å². The fourth-order valence-electron chi connectivity index (χ4n) is 3.82. The van der Waals surface area contributed by atoms with Crippen molar-refractivity contribution >= 4 is 11.7 Å². The minimum Gasteiger partial charge on any atom is -0.354 e. The van der Waals surface area contributed by atoms with Crippen molar-refractivity contribution in [3.8, 4) is 0 Å². The number of hydrogen-bond donors (Lipinski definition) is 2. The standard InChI is InChI=1S/C18H27N5O/c24-17(21-18(13-5-6-13)14-7-8-14)11-19-15-3-2-10-23(12-15)16-4-1-9-20-22-16/h1,4,9,13-15,18-19H,2-3,5-8,10-12H2,(H,21,24)/t15-/m1/s1. The largest absolute Gasteiger partial charge is 0.354 e. The summed E-state index contributed by atoms with van der Waals surface area (Å²) in [6.45, 7) is 2.32. The highest BCUT2D eigenvalue weighted by Gasteiger charge is 2.42. The summed E-state index contributed by atoms with van der Waals surface area (Å²) < 4.78 is 0. The summed E-state index contributed by atoms with van der Waals surface area (Å²) >= 11 is 0. The molecular weight excluding hydrogens is 302 g/mol. The van der Waals surface area contributed by atoms with Gasteiger partial charge in [0.2, 0.25) is 5.91 Å². The van der Waals surface area contributed by atoms with Crippen molar-refractivity contribution in [3.63, 3.8) is 0 Å². The first-order chi connectivity index (χ1) is 11.8. The summed E-state index contributed by atoms with van der Waals surface area (Å²) in [5.74, 6) is 2.60. The highest BCUT2D eigenvalue weighted by atomic mass is 16.2. The number of nitrogens with zero attached hydrogens (tertiary/aromatic N) is 3. The summed E-state index contributed by atoms with van der Waals surface area (Å²) in [7, 11) is 0. The molecule has 1 aromatic rings. The molecule has 1 amide bonds. The lowest BCUT2D eigenvalue weighted by Crippen LogP contribution is -2.50. The normalized spacial score (nSPS) is 24.2. The van der Waals surface area contributed by atoms with Crippen LogP contribution in [0.15, 0.2) is 18.3 Å². The van der Waals surface area contributed by atoms with E-state index in [4.69, 9.17) is 0 Å². The Labute approximate surface area is 143 Å². The molecule has 1 aromatic heterocycles. The predicted octanol–water partition coefficient (Wildman–Crippen LogP) is 1.34. The molecule has 2 aliphatic carbocycles. The Bertz CT molecular complexity index is 546. The van der Waals surface area contributed by atoms with Gasteiger partial charge in [0.15, 0.2) is 5.82 Å². The Balaban J connectivity index is 1.24. The fourth-order valence-corrected chi connectivity index (χ4v) is 3.82.